The lowest BCUT2D eigenvalue weighted by atomic mass is 10.0. The number of nitrogens with zero attached hydrogens (tertiary/aromatic N) is 2. The Morgan fingerprint density at radius 2 is 2.32 bits per heavy atom. The molecule has 1 fully saturated rings. The molecule has 0 bridgehead atoms. The summed E-state index contributed by atoms with van der Waals surface area (Å²) in [4.78, 5) is 18.8. The molecule has 104 valence electrons. The van der Waals surface area contributed by atoms with Crippen molar-refractivity contribution >= 4 is 5.91 Å². The molecule has 0 aromatic carbocycles. The molecule has 0 aliphatic heterocycles. The Morgan fingerprint density at radius 1 is 1.53 bits per heavy atom. The van der Waals surface area contributed by atoms with Gasteiger partial charge in [-0.2, -0.15) is 0 Å². The maximum Gasteiger partial charge on any atom is 0.254 e. The Kier molecular flexibility index (Phi) is 4.53. The number of aromatic nitrogens is 1. The Bertz CT molecular complexity index is 447. The van der Waals surface area contributed by atoms with E-state index in [1.165, 1.54) is 6.42 Å². The first-order valence-electron chi connectivity index (χ1n) is 7.11. The van der Waals surface area contributed by atoms with E-state index in [1.54, 1.807) is 12.3 Å². The third kappa shape index (κ3) is 2.95. The van der Waals surface area contributed by atoms with E-state index in [4.69, 9.17) is 5.73 Å². The minimum Gasteiger partial charge on any atom is -0.336 e. The normalized spacial score (nSPS) is 22.5. The number of aryl methyl sites for hydroxylation is 1. The zero-order valence-electron chi connectivity index (χ0n) is 11.8. The molecule has 2 unspecified atom stereocenters. The van der Waals surface area contributed by atoms with Crippen LogP contribution in [0.25, 0.3) is 0 Å². The molecule has 2 N–H and O–H groups in total. The van der Waals surface area contributed by atoms with Crippen molar-refractivity contribution in [3.05, 3.63) is 29.6 Å². The summed E-state index contributed by atoms with van der Waals surface area (Å²) < 4.78 is 0. The number of amides is 1. The van der Waals surface area contributed by atoms with Crippen LogP contribution in [0.4, 0.5) is 0 Å². The summed E-state index contributed by atoms with van der Waals surface area (Å²) in [6.07, 6.45) is 5.09. The van der Waals surface area contributed by atoms with Crippen LogP contribution in [-0.2, 0) is 0 Å². The number of carbonyl (C=O) groups is 1. The van der Waals surface area contributed by atoms with Crippen molar-refractivity contribution in [2.24, 2.45) is 11.7 Å². The van der Waals surface area contributed by atoms with E-state index in [-0.39, 0.29) is 5.91 Å². The number of pyridine rings is 1. The monoisotopic (exact) mass is 261 g/mol. The van der Waals surface area contributed by atoms with Gasteiger partial charge in [-0.15, -0.1) is 0 Å². The van der Waals surface area contributed by atoms with Gasteiger partial charge in [0, 0.05) is 30.0 Å². The highest BCUT2D eigenvalue weighted by Crippen LogP contribution is 2.30. The van der Waals surface area contributed by atoms with Crippen LogP contribution in [0.15, 0.2) is 18.3 Å². The van der Waals surface area contributed by atoms with Crippen LogP contribution in [0, 0.1) is 12.8 Å². The fourth-order valence-corrected chi connectivity index (χ4v) is 3.08. The predicted octanol–water partition coefficient (Wildman–Crippen LogP) is 1.98. The van der Waals surface area contributed by atoms with Crippen molar-refractivity contribution in [2.75, 3.05) is 13.1 Å². The number of hydrogen-bond donors (Lipinski definition) is 1. The van der Waals surface area contributed by atoms with Crippen molar-refractivity contribution in [1.82, 2.24) is 9.88 Å². The Balaban J connectivity index is 2.19. The van der Waals surface area contributed by atoms with Gasteiger partial charge in [0.2, 0.25) is 0 Å². The van der Waals surface area contributed by atoms with E-state index >= 15 is 0 Å². The highest BCUT2D eigenvalue weighted by Gasteiger charge is 2.33. The molecule has 0 spiro atoms. The maximum atomic E-state index is 12.6. The molecular weight excluding hydrogens is 238 g/mol. The molecule has 1 amide bonds. The van der Waals surface area contributed by atoms with Gasteiger partial charge in [-0.1, -0.05) is 6.42 Å². The lowest BCUT2D eigenvalue weighted by Gasteiger charge is -2.32. The molecule has 1 saturated carbocycles. The van der Waals surface area contributed by atoms with Gasteiger partial charge in [-0.3, -0.25) is 9.78 Å². The lowest BCUT2D eigenvalue weighted by Crippen LogP contribution is -2.44. The Labute approximate surface area is 115 Å². The van der Waals surface area contributed by atoms with E-state index in [9.17, 15) is 4.79 Å². The highest BCUT2D eigenvalue weighted by atomic mass is 16.2. The molecular formula is C15H23N3O. The molecule has 1 aliphatic rings. The quantitative estimate of drug-likeness (QED) is 0.901. The zero-order valence-corrected chi connectivity index (χ0v) is 11.8. The van der Waals surface area contributed by atoms with Gasteiger partial charge >= 0.3 is 0 Å². The van der Waals surface area contributed by atoms with Crippen LogP contribution in [0.3, 0.4) is 0 Å². The van der Waals surface area contributed by atoms with Gasteiger partial charge in [0.15, 0.2) is 0 Å². The molecule has 2 atom stereocenters. The standard InChI is InChI=1S/C15H23N3O/c1-3-18(14-6-4-5-13(14)10-16)15(19)12-7-8-17-11(2)9-12/h7-9,13-14H,3-6,10,16H2,1-2H3. The Morgan fingerprint density at radius 3 is 2.95 bits per heavy atom. The van der Waals surface area contributed by atoms with Gasteiger partial charge < -0.3 is 10.6 Å². The van der Waals surface area contributed by atoms with E-state index in [1.807, 2.05) is 24.8 Å². The number of rotatable bonds is 4. The summed E-state index contributed by atoms with van der Waals surface area (Å²) in [7, 11) is 0. The minimum absolute atomic E-state index is 0.110. The second-order valence-corrected chi connectivity index (χ2v) is 5.27. The molecule has 0 radical (unpaired) electrons. The van der Waals surface area contributed by atoms with Gasteiger partial charge in [-0.05, 0) is 51.3 Å². The largest absolute Gasteiger partial charge is 0.336 e. The van der Waals surface area contributed by atoms with Crippen LogP contribution in [-0.4, -0.2) is 34.9 Å². The van der Waals surface area contributed by atoms with Gasteiger partial charge in [0.1, 0.15) is 0 Å². The molecule has 4 heteroatoms. The third-order valence-corrected chi connectivity index (χ3v) is 4.07. The molecule has 2 rings (SSSR count). The summed E-state index contributed by atoms with van der Waals surface area (Å²) >= 11 is 0. The van der Waals surface area contributed by atoms with E-state index in [0.29, 0.717) is 18.5 Å². The first kappa shape index (κ1) is 14.0. The van der Waals surface area contributed by atoms with Crippen LogP contribution in [0.1, 0.15) is 42.2 Å². The summed E-state index contributed by atoms with van der Waals surface area (Å²) in [6.45, 7) is 5.36. The fourth-order valence-electron chi connectivity index (χ4n) is 3.08. The second-order valence-electron chi connectivity index (χ2n) is 5.27. The average molecular weight is 261 g/mol. The van der Waals surface area contributed by atoms with Crippen molar-refractivity contribution in [3.63, 3.8) is 0 Å². The first-order valence-corrected chi connectivity index (χ1v) is 7.11. The first-order chi connectivity index (χ1) is 9.17. The van der Waals surface area contributed by atoms with E-state index < -0.39 is 0 Å². The fraction of sp³-hybridized carbons (Fsp3) is 0.600. The summed E-state index contributed by atoms with van der Waals surface area (Å²) in [5.41, 5.74) is 7.44. The number of carbonyl (C=O) groups excluding carboxylic acids is 1. The lowest BCUT2D eigenvalue weighted by molar-refractivity contribution is 0.0652. The molecule has 4 nitrogen and oxygen atoms in total. The van der Waals surface area contributed by atoms with Crippen LogP contribution in [0.5, 0.6) is 0 Å². The highest BCUT2D eigenvalue weighted by molar-refractivity contribution is 5.94. The topological polar surface area (TPSA) is 59.2 Å². The molecule has 1 aliphatic carbocycles. The van der Waals surface area contributed by atoms with Crippen molar-refractivity contribution in [1.29, 1.82) is 0 Å². The second kappa shape index (κ2) is 6.15. The van der Waals surface area contributed by atoms with Crippen molar-refractivity contribution < 1.29 is 4.79 Å². The van der Waals surface area contributed by atoms with Crippen molar-refractivity contribution in [2.45, 2.75) is 39.2 Å². The van der Waals surface area contributed by atoms with Crippen LogP contribution in [0.2, 0.25) is 0 Å². The van der Waals surface area contributed by atoms with Crippen molar-refractivity contribution in [3.8, 4) is 0 Å². The number of nitrogens with two attached hydrogens (primary N) is 1. The molecule has 1 aromatic rings. The van der Waals surface area contributed by atoms with E-state index in [0.717, 1.165) is 30.6 Å². The van der Waals surface area contributed by atoms with Crippen LogP contribution >= 0.6 is 0 Å². The summed E-state index contributed by atoms with van der Waals surface area (Å²) in [5, 5.41) is 0. The van der Waals surface area contributed by atoms with Crippen LogP contribution < -0.4 is 5.73 Å². The minimum atomic E-state index is 0.110. The Hall–Kier alpha value is -1.42. The summed E-state index contributed by atoms with van der Waals surface area (Å²) in [6, 6.07) is 3.96. The zero-order chi connectivity index (χ0) is 13.8. The van der Waals surface area contributed by atoms with Gasteiger partial charge in [-0.25, -0.2) is 0 Å². The molecule has 1 aromatic heterocycles. The summed E-state index contributed by atoms with van der Waals surface area (Å²) in [5.74, 6) is 0.560. The number of hydrogen-bond acceptors (Lipinski definition) is 3. The molecule has 0 saturated heterocycles. The third-order valence-electron chi connectivity index (χ3n) is 4.07. The maximum absolute atomic E-state index is 12.6. The smallest absolute Gasteiger partial charge is 0.254 e. The molecule has 19 heavy (non-hydrogen) atoms. The molecule has 1 heterocycles. The predicted molar refractivity (Wildman–Crippen MR) is 75.9 cm³/mol. The SMILES string of the molecule is CCN(C(=O)c1ccnc(C)c1)C1CCCC1CN. The van der Waals surface area contributed by atoms with E-state index in [2.05, 4.69) is 4.98 Å². The van der Waals surface area contributed by atoms with Gasteiger partial charge in [0.05, 0.1) is 0 Å². The average Bonchev–Trinajstić information content (AvgIpc) is 2.88. The van der Waals surface area contributed by atoms with Gasteiger partial charge in [0.25, 0.3) is 5.91 Å².